The first-order valence-corrected chi connectivity index (χ1v) is 5.13. The summed E-state index contributed by atoms with van der Waals surface area (Å²) < 4.78 is 26.3. The van der Waals surface area contributed by atoms with Crippen molar-refractivity contribution in [3.05, 3.63) is 29.3 Å². The van der Waals surface area contributed by atoms with Gasteiger partial charge in [-0.25, -0.2) is 8.78 Å². The zero-order valence-electron chi connectivity index (χ0n) is 7.31. The van der Waals surface area contributed by atoms with E-state index >= 15 is 0 Å². The summed E-state index contributed by atoms with van der Waals surface area (Å²) in [5.74, 6) is -1.01. The molecule has 1 nitrogen and oxygen atoms in total. The van der Waals surface area contributed by atoms with Crippen molar-refractivity contribution in [2.75, 3.05) is 12.8 Å². The fourth-order valence-electron chi connectivity index (χ4n) is 1.12. The number of hydrogen-bond acceptors (Lipinski definition) is 2. The normalized spacial score (nSPS) is 10.5. The Morgan fingerprint density at radius 2 is 1.85 bits per heavy atom. The highest BCUT2D eigenvalue weighted by Gasteiger charge is 2.09. The first kappa shape index (κ1) is 10.5. The molecule has 0 fully saturated rings. The minimum Gasteiger partial charge on any atom is -0.330 e. The van der Waals surface area contributed by atoms with Crippen LogP contribution in [0.15, 0.2) is 17.0 Å². The number of benzene rings is 1. The van der Waals surface area contributed by atoms with E-state index in [1.807, 2.05) is 0 Å². The Bertz CT molecular complexity index is 279. The number of rotatable bonds is 3. The Labute approximate surface area is 80.3 Å². The Kier molecular flexibility index (Phi) is 3.69. The van der Waals surface area contributed by atoms with Gasteiger partial charge in [0.15, 0.2) is 0 Å². The Hall–Kier alpha value is -0.610. The number of hydrogen-bond donors (Lipinski definition) is 1. The molecule has 1 aromatic rings. The van der Waals surface area contributed by atoms with Crippen molar-refractivity contribution in [2.24, 2.45) is 5.73 Å². The van der Waals surface area contributed by atoms with Crippen LogP contribution < -0.4 is 5.73 Å². The lowest BCUT2D eigenvalue weighted by molar-refractivity contribution is 0.537. The van der Waals surface area contributed by atoms with Gasteiger partial charge >= 0.3 is 0 Å². The fourth-order valence-corrected chi connectivity index (χ4v) is 1.63. The summed E-state index contributed by atoms with van der Waals surface area (Å²) in [6.07, 6.45) is 2.15. The van der Waals surface area contributed by atoms with Crippen LogP contribution in [0.4, 0.5) is 8.78 Å². The van der Waals surface area contributed by atoms with Gasteiger partial charge in [-0.2, -0.15) is 0 Å². The van der Waals surface area contributed by atoms with Crippen LogP contribution in [0.2, 0.25) is 0 Å². The zero-order chi connectivity index (χ0) is 9.84. The average molecular weight is 203 g/mol. The lowest BCUT2D eigenvalue weighted by Gasteiger charge is -2.04. The van der Waals surface area contributed by atoms with Gasteiger partial charge < -0.3 is 5.73 Å². The summed E-state index contributed by atoms with van der Waals surface area (Å²) in [5, 5.41) is 0. The number of thioether (sulfide) groups is 1. The van der Waals surface area contributed by atoms with Crippen LogP contribution in [0.5, 0.6) is 0 Å². The molecule has 2 N–H and O–H groups in total. The molecule has 0 radical (unpaired) electrons. The SMILES string of the molecule is CSc1c(F)cc(CCN)cc1F. The lowest BCUT2D eigenvalue weighted by atomic mass is 10.1. The summed E-state index contributed by atoms with van der Waals surface area (Å²) in [6.45, 7) is 0.400. The van der Waals surface area contributed by atoms with Crippen LogP contribution in [0, 0.1) is 11.6 Å². The van der Waals surface area contributed by atoms with Crippen LogP contribution in [-0.4, -0.2) is 12.8 Å². The smallest absolute Gasteiger partial charge is 0.139 e. The van der Waals surface area contributed by atoms with Gasteiger partial charge in [0.2, 0.25) is 0 Å². The predicted octanol–water partition coefficient (Wildman–Crippen LogP) is 2.19. The standard InChI is InChI=1S/C9H11F2NS/c1-13-9-7(10)4-6(2-3-12)5-8(9)11/h4-5H,2-3,12H2,1H3. The van der Waals surface area contributed by atoms with Crippen LogP contribution in [0.3, 0.4) is 0 Å². The molecule has 0 aromatic heterocycles. The maximum atomic E-state index is 13.1. The summed E-state index contributed by atoms with van der Waals surface area (Å²) in [4.78, 5) is 0.0702. The molecular formula is C9H11F2NS. The third-order valence-electron chi connectivity index (χ3n) is 1.70. The van der Waals surface area contributed by atoms with E-state index < -0.39 is 11.6 Å². The second-order valence-electron chi connectivity index (χ2n) is 2.63. The highest BCUT2D eigenvalue weighted by molar-refractivity contribution is 7.98. The molecule has 0 aliphatic rings. The van der Waals surface area contributed by atoms with E-state index in [-0.39, 0.29) is 4.90 Å². The summed E-state index contributed by atoms with van der Waals surface area (Å²) >= 11 is 1.07. The Morgan fingerprint density at radius 1 is 1.31 bits per heavy atom. The summed E-state index contributed by atoms with van der Waals surface area (Å²) in [5.41, 5.74) is 5.89. The largest absolute Gasteiger partial charge is 0.330 e. The van der Waals surface area contributed by atoms with Crippen molar-refractivity contribution in [3.8, 4) is 0 Å². The van der Waals surface area contributed by atoms with Crippen molar-refractivity contribution < 1.29 is 8.78 Å². The van der Waals surface area contributed by atoms with E-state index in [2.05, 4.69) is 0 Å². The van der Waals surface area contributed by atoms with Crippen molar-refractivity contribution in [1.82, 2.24) is 0 Å². The maximum absolute atomic E-state index is 13.1. The van der Waals surface area contributed by atoms with Gasteiger partial charge in [-0.1, -0.05) is 0 Å². The third-order valence-corrected chi connectivity index (χ3v) is 2.49. The monoisotopic (exact) mass is 203 g/mol. The molecule has 0 saturated carbocycles. The summed E-state index contributed by atoms with van der Waals surface area (Å²) in [7, 11) is 0. The molecule has 0 unspecified atom stereocenters. The van der Waals surface area contributed by atoms with E-state index in [0.29, 0.717) is 18.5 Å². The molecule has 1 rings (SSSR count). The van der Waals surface area contributed by atoms with Gasteiger partial charge in [0.1, 0.15) is 11.6 Å². The van der Waals surface area contributed by atoms with E-state index in [9.17, 15) is 8.78 Å². The Balaban J connectivity index is 3.05. The molecule has 0 aliphatic carbocycles. The van der Waals surface area contributed by atoms with Crippen LogP contribution in [0.25, 0.3) is 0 Å². The molecule has 0 spiro atoms. The lowest BCUT2D eigenvalue weighted by Crippen LogP contribution is -2.04. The summed E-state index contributed by atoms with van der Waals surface area (Å²) in [6, 6.07) is 2.67. The molecule has 4 heteroatoms. The minimum absolute atomic E-state index is 0.0702. The van der Waals surface area contributed by atoms with Crippen LogP contribution in [-0.2, 0) is 6.42 Å². The molecule has 13 heavy (non-hydrogen) atoms. The quantitative estimate of drug-likeness (QED) is 0.762. The molecule has 1 aromatic carbocycles. The van der Waals surface area contributed by atoms with Crippen molar-refractivity contribution in [3.63, 3.8) is 0 Å². The Morgan fingerprint density at radius 3 is 2.23 bits per heavy atom. The van der Waals surface area contributed by atoms with Crippen LogP contribution in [0.1, 0.15) is 5.56 Å². The molecular weight excluding hydrogens is 192 g/mol. The molecule has 72 valence electrons. The van der Waals surface area contributed by atoms with Gasteiger partial charge in [0.25, 0.3) is 0 Å². The molecule has 0 saturated heterocycles. The van der Waals surface area contributed by atoms with Gasteiger partial charge in [-0.15, -0.1) is 11.8 Å². The van der Waals surface area contributed by atoms with Gasteiger partial charge in [-0.3, -0.25) is 0 Å². The fraction of sp³-hybridized carbons (Fsp3) is 0.333. The average Bonchev–Trinajstić information content (AvgIpc) is 2.04. The zero-order valence-corrected chi connectivity index (χ0v) is 8.13. The van der Waals surface area contributed by atoms with Crippen molar-refractivity contribution in [2.45, 2.75) is 11.3 Å². The van der Waals surface area contributed by atoms with Crippen LogP contribution >= 0.6 is 11.8 Å². The number of halogens is 2. The highest BCUT2D eigenvalue weighted by atomic mass is 32.2. The van der Waals surface area contributed by atoms with Gasteiger partial charge in [0.05, 0.1) is 4.90 Å². The van der Waals surface area contributed by atoms with Crippen molar-refractivity contribution in [1.29, 1.82) is 0 Å². The van der Waals surface area contributed by atoms with E-state index in [0.717, 1.165) is 11.8 Å². The topological polar surface area (TPSA) is 26.0 Å². The maximum Gasteiger partial charge on any atom is 0.139 e. The van der Waals surface area contributed by atoms with E-state index in [4.69, 9.17) is 5.73 Å². The van der Waals surface area contributed by atoms with Crippen molar-refractivity contribution >= 4 is 11.8 Å². The number of nitrogens with two attached hydrogens (primary N) is 1. The first-order valence-electron chi connectivity index (χ1n) is 3.91. The molecule has 0 aliphatic heterocycles. The second kappa shape index (κ2) is 4.58. The van der Waals surface area contributed by atoms with Gasteiger partial charge in [-0.05, 0) is 36.9 Å². The van der Waals surface area contributed by atoms with E-state index in [1.165, 1.54) is 12.1 Å². The molecule has 0 amide bonds. The van der Waals surface area contributed by atoms with E-state index in [1.54, 1.807) is 6.26 Å². The molecule has 0 atom stereocenters. The molecule has 0 heterocycles. The minimum atomic E-state index is -0.504. The van der Waals surface area contributed by atoms with Gasteiger partial charge in [0, 0.05) is 0 Å². The first-order chi connectivity index (χ1) is 6.19. The third kappa shape index (κ3) is 2.42. The second-order valence-corrected chi connectivity index (χ2v) is 3.45. The predicted molar refractivity (Wildman–Crippen MR) is 50.9 cm³/mol. The highest BCUT2D eigenvalue weighted by Crippen LogP contribution is 2.24. The molecule has 0 bridgehead atoms.